The minimum atomic E-state index is -0.483. The first-order chi connectivity index (χ1) is 14.9. The molecule has 0 unspecified atom stereocenters. The molecule has 0 aliphatic carbocycles. The van der Waals surface area contributed by atoms with Crippen LogP contribution in [0.15, 0.2) is 48.5 Å². The Labute approximate surface area is 191 Å². The topological polar surface area (TPSA) is 64.6 Å². The molecular formula is C24H24ClNO4S. The van der Waals surface area contributed by atoms with E-state index >= 15 is 0 Å². The summed E-state index contributed by atoms with van der Waals surface area (Å²) in [5.41, 5.74) is 3.03. The Morgan fingerprint density at radius 2 is 1.84 bits per heavy atom. The molecule has 162 valence electrons. The molecule has 0 bridgehead atoms. The number of nitrogens with one attached hydrogen (secondary N) is 1. The maximum atomic E-state index is 12.7. The first kappa shape index (κ1) is 22.8. The molecule has 3 aromatic rings. The van der Waals surface area contributed by atoms with Crippen LogP contribution in [-0.2, 0) is 16.0 Å². The molecule has 3 rings (SSSR count). The second kappa shape index (κ2) is 10.5. The number of hydrogen-bond acceptors (Lipinski definition) is 5. The number of aryl methyl sites for hydroxylation is 2. The Balaban J connectivity index is 1.84. The molecule has 0 saturated carbocycles. The van der Waals surface area contributed by atoms with Gasteiger partial charge < -0.3 is 14.8 Å². The van der Waals surface area contributed by atoms with E-state index in [0.717, 1.165) is 28.0 Å². The van der Waals surface area contributed by atoms with Crippen molar-refractivity contribution in [1.82, 2.24) is 0 Å². The highest BCUT2D eigenvalue weighted by molar-refractivity contribution is 7.17. The molecule has 7 heteroatoms. The van der Waals surface area contributed by atoms with E-state index < -0.39 is 5.97 Å². The van der Waals surface area contributed by atoms with Crippen molar-refractivity contribution < 1.29 is 19.1 Å². The van der Waals surface area contributed by atoms with Crippen LogP contribution in [0.25, 0.3) is 11.1 Å². The van der Waals surface area contributed by atoms with Crippen molar-refractivity contribution in [1.29, 1.82) is 0 Å². The molecule has 1 aromatic heterocycles. The zero-order chi connectivity index (χ0) is 22.4. The maximum absolute atomic E-state index is 12.7. The third-order valence-electron chi connectivity index (χ3n) is 4.63. The van der Waals surface area contributed by atoms with E-state index in [9.17, 15) is 9.59 Å². The van der Waals surface area contributed by atoms with Gasteiger partial charge in [0.15, 0.2) is 6.61 Å². The van der Waals surface area contributed by atoms with E-state index in [-0.39, 0.29) is 19.1 Å². The Morgan fingerprint density at radius 1 is 1.10 bits per heavy atom. The molecule has 1 N–H and O–H groups in total. The molecule has 31 heavy (non-hydrogen) atoms. The third-order valence-corrected chi connectivity index (χ3v) is 5.90. The third kappa shape index (κ3) is 5.66. The number of amides is 1. The number of ether oxygens (including phenoxy) is 2. The summed E-state index contributed by atoms with van der Waals surface area (Å²) in [5.74, 6) is -0.204. The van der Waals surface area contributed by atoms with Crippen molar-refractivity contribution in [3.8, 4) is 16.9 Å². The fourth-order valence-electron chi connectivity index (χ4n) is 3.16. The first-order valence-electron chi connectivity index (χ1n) is 10.0. The highest BCUT2D eigenvalue weighted by Gasteiger charge is 2.25. The van der Waals surface area contributed by atoms with Crippen LogP contribution in [0.2, 0.25) is 5.02 Å². The van der Waals surface area contributed by atoms with Gasteiger partial charge in [-0.2, -0.15) is 0 Å². The van der Waals surface area contributed by atoms with Crippen LogP contribution in [0.5, 0.6) is 5.75 Å². The Bertz CT molecular complexity index is 1080. The predicted molar refractivity (Wildman–Crippen MR) is 125 cm³/mol. The van der Waals surface area contributed by atoms with Gasteiger partial charge in [0.2, 0.25) is 0 Å². The number of esters is 1. The van der Waals surface area contributed by atoms with Crippen molar-refractivity contribution in [2.45, 2.75) is 27.2 Å². The molecule has 5 nitrogen and oxygen atoms in total. The van der Waals surface area contributed by atoms with Gasteiger partial charge in [-0.15, -0.1) is 11.3 Å². The Kier molecular flexibility index (Phi) is 7.71. The van der Waals surface area contributed by atoms with Gasteiger partial charge in [0.1, 0.15) is 16.3 Å². The summed E-state index contributed by atoms with van der Waals surface area (Å²) in [6.07, 6.45) is 0.883. The summed E-state index contributed by atoms with van der Waals surface area (Å²) in [6, 6.07) is 14.8. The molecule has 0 radical (unpaired) electrons. The summed E-state index contributed by atoms with van der Waals surface area (Å²) in [7, 11) is 0. The molecule has 0 fully saturated rings. The van der Waals surface area contributed by atoms with E-state index in [4.69, 9.17) is 21.1 Å². The van der Waals surface area contributed by atoms with Crippen LogP contribution in [-0.4, -0.2) is 25.1 Å². The van der Waals surface area contributed by atoms with Crippen molar-refractivity contribution in [2.24, 2.45) is 0 Å². The number of rotatable bonds is 8. The molecule has 0 spiro atoms. The summed E-state index contributed by atoms with van der Waals surface area (Å²) in [6.45, 7) is 5.77. The summed E-state index contributed by atoms with van der Waals surface area (Å²) in [5, 5.41) is 3.86. The van der Waals surface area contributed by atoms with Crippen molar-refractivity contribution in [3.05, 3.63) is 69.6 Å². The number of hydrogen-bond donors (Lipinski definition) is 1. The summed E-state index contributed by atoms with van der Waals surface area (Å²) in [4.78, 5) is 26.2. The van der Waals surface area contributed by atoms with E-state index in [2.05, 4.69) is 12.2 Å². The van der Waals surface area contributed by atoms with Crippen LogP contribution >= 0.6 is 22.9 Å². The highest BCUT2D eigenvalue weighted by Crippen LogP contribution is 2.40. The van der Waals surface area contributed by atoms with Crippen molar-refractivity contribution in [3.63, 3.8) is 0 Å². The monoisotopic (exact) mass is 457 g/mol. The van der Waals surface area contributed by atoms with Gasteiger partial charge in [-0.05, 0) is 55.7 Å². The average molecular weight is 458 g/mol. The quantitative estimate of drug-likeness (QED) is 0.413. The lowest BCUT2D eigenvalue weighted by atomic mass is 10.0. The van der Waals surface area contributed by atoms with Gasteiger partial charge in [-0.1, -0.05) is 42.8 Å². The smallest absolute Gasteiger partial charge is 0.341 e. The number of thiophene rings is 1. The van der Waals surface area contributed by atoms with Gasteiger partial charge in [0.05, 0.1) is 6.61 Å². The molecule has 0 atom stereocenters. The SMILES string of the molecule is CCOC(=O)c1c(NC(=O)COc2cccc(CC)c2)sc(C)c1-c1ccc(Cl)cc1. The summed E-state index contributed by atoms with van der Waals surface area (Å²) >= 11 is 7.34. The molecule has 0 aliphatic rings. The van der Waals surface area contributed by atoms with Gasteiger partial charge in [0, 0.05) is 15.5 Å². The van der Waals surface area contributed by atoms with E-state index in [1.807, 2.05) is 43.3 Å². The normalized spacial score (nSPS) is 10.6. The van der Waals surface area contributed by atoms with Crippen LogP contribution in [0.1, 0.15) is 34.6 Å². The standard InChI is InChI=1S/C24H24ClNO4S/c1-4-16-7-6-8-19(13-16)30-14-20(27)26-23-22(24(28)29-5-2)21(15(3)31-23)17-9-11-18(25)12-10-17/h6-13H,4-5,14H2,1-3H3,(H,26,27). The largest absolute Gasteiger partial charge is 0.484 e. The molecule has 0 aliphatic heterocycles. The zero-order valence-corrected chi connectivity index (χ0v) is 19.2. The van der Waals surface area contributed by atoms with Crippen LogP contribution in [0, 0.1) is 6.92 Å². The number of anilines is 1. The van der Waals surface area contributed by atoms with Crippen molar-refractivity contribution >= 4 is 39.8 Å². The number of carbonyl (C=O) groups excluding carboxylic acids is 2. The molecule has 1 amide bonds. The minimum absolute atomic E-state index is 0.164. The fourth-order valence-corrected chi connectivity index (χ4v) is 4.37. The summed E-state index contributed by atoms with van der Waals surface area (Å²) < 4.78 is 10.9. The van der Waals surface area contributed by atoms with Crippen LogP contribution in [0.4, 0.5) is 5.00 Å². The van der Waals surface area contributed by atoms with Crippen molar-refractivity contribution in [2.75, 3.05) is 18.5 Å². The Morgan fingerprint density at radius 3 is 2.52 bits per heavy atom. The molecule has 0 saturated heterocycles. The number of carbonyl (C=O) groups is 2. The Hall–Kier alpha value is -2.83. The van der Waals surface area contributed by atoms with E-state index in [1.54, 1.807) is 19.1 Å². The zero-order valence-electron chi connectivity index (χ0n) is 17.7. The van der Waals surface area contributed by atoms with Crippen LogP contribution < -0.4 is 10.1 Å². The van der Waals surface area contributed by atoms with Gasteiger partial charge in [-0.25, -0.2) is 4.79 Å². The minimum Gasteiger partial charge on any atom is -0.484 e. The lowest BCUT2D eigenvalue weighted by Gasteiger charge is -2.10. The van der Waals surface area contributed by atoms with Gasteiger partial charge in [-0.3, -0.25) is 4.79 Å². The fraction of sp³-hybridized carbons (Fsp3) is 0.250. The number of benzene rings is 2. The molecular weight excluding hydrogens is 434 g/mol. The van der Waals surface area contributed by atoms with Crippen LogP contribution in [0.3, 0.4) is 0 Å². The molecule has 1 heterocycles. The molecule has 2 aromatic carbocycles. The van der Waals surface area contributed by atoms with Gasteiger partial charge in [0.25, 0.3) is 5.91 Å². The van der Waals surface area contributed by atoms with E-state index in [0.29, 0.717) is 21.3 Å². The maximum Gasteiger partial charge on any atom is 0.341 e. The lowest BCUT2D eigenvalue weighted by Crippen LogP contribution is -2.21. The average Bonchev–Trinajstić information content (AvgIpc) is 3.08. The lowest BCUT2D eigenvalue weighted by molar-refractivity contribution is -0.118. The predicted octanol–water partition coefficient (Wildman–Crippen LogP) is 6.13. The number of halogens is 1. The van der Waals surface area contributed by atoms with E-state index in [1.165, 1.54) is 11.3 Å². The highest BCUT2D eigenvalue weighted by atomic mass is 35.5. The second-order valence-electron chi connectivity index (χ2n) is 6.80. The first-order valence-corrected chi connectivity index (χ1v) is 11.2. The second-order valence-corrected chi connectivity index (χ2v) is 8.46. The van der Waals surface area contributed by atoms with Gasteiger partial charge >= 0.3 is 5.97 Å².